The molecular weight excluding hydrogens is 270 g/mol. The molecule has 114 valence electrons. The number of rotatable bonds is 12. The molecule has 2 N–H and O–H groups in total. The van der Waals surface area contributed by atoms with Crippen LogP contribution < -0.4 is 0 Å². The van der Waals surface area contributed by atoms with Gasteiger partial charge in [0.25, 0.3) is 10.1 Å². The maximum Gasteiger partial charge on any atom is 0.266 e. The minimum atomic E-state index is -3.97. The van der Waals surface area contributed by atoms with Gasteiger partial charge in [0.05, 0.1) is 25.1 Å². The van der Waals surface area contributed by atoms with Crippen molar-refractivity contribution in [1.29, 1.82) is 0 Å². The van der Waals surface area contributed by atoms with Gasteiger partial charge in [0.1, 0.15) is 0 Å². The van der Waals surface area contributed by atoms with Gasteiger partial charge in [0.15, 0.2) is 0 Å². The standard InChI is InChI=1S/C12H25NO5S/c1-3-5-6-13(7-9-19(15,16)17)10-12(14)11-18-8-4-2/h4,12,14H,2-3,5-11H2,1H3,(H,15,16,17). The van der Waals surface area contributed by atoms with Crippen LogP contribution in [0.15, 0.2) is 12.7 Å². The first-order chi connectivity index (χ1) is 8.89. The van der Waals surface area contributed by atoms with Crippen molar-refractivity contribution >= 4 is 10.1 Å². The Kier molecular flexibility index (Phi) is 10.1. The molecule has 0 spiro atoms. The zero-order chi connectivity index (χ0) is 14.7. The molecule has 0 aliphatic carbocycles. The predicted molar refractivity (Wildman–Crippen MR) is 74.8 cm³/mol. The Morgan fingerprint density at radius 2 is 2.11 bits per heavy atom. The second kappa shape index (κ2) is 10.3. The molecule has 0 aromatic rings. The largest absolute Gasteiger partial charge is 0.389 e. The summed E-state index contributed by atoms with van der Waals surface area (Å²) in [5, 5.41) is 9.76. The molecule has 0 aromatic carbocycles. The van der Waals surface area contributed by atoms with Gasteiger partial charge in [-0.05, 0) is 13.0 Å². The fourth-order valence-electron chi connectivity index (χ4n) is 1.56. The molecule has 0 saturated heterocycles. The van der Waals surface area contributed by atoms with E-state index in [9.17, 15) is 13.5 Å². The number of ether oxygens (including phenoxy) is 1. The molecule has 0 bridgehead atoms. The molecule has 0 heterocycles. The van der Waals surface area contributed by atoms with E-state index in [-0.39, 0.29) is 18.9 Å². The molecular formula is C12H25NO5S. The Balaban J connectivity index is 4.13. The van der Waals surface area contributed by atoms with Gasteiger partial charge in [-0.15, -0.1) is 6.58 Å². The third-order valence-electron chi connectivity index (χ3n) is 2.51. The van der Waals surface area contributed by atoms with Gasteiger partial charge in [0, 0.05) is 13.1 Å². The summed E-state index contributed by atoms with van der Waals surface area (Å²) in [4.78, 5) is 1.82. The van der Waals surface area contributed by atoms with Gasteiger partial charge in [-0.2, -0.15) is 8.42 Å². The van der Waals surface area contributed by atoms with Gasteiger partial charge in [-0.1, -0.05) is 19.4 Å². The zero-order valence-corrected chi connectivity index (χ0v) is 12.3. The Labute approximate surface area is 115 Å². The van der Waals surface area contributed by atoms with Crippen LogP contribution in [0.2, 0.25) is 0 Å². The molecule has 7 heteroatoms. The number of nitrogens with zero attached hydrogens (tertiary/aromatic N) is 1. The Bertz CT molecular complexity index is 331. The number of aliphatic hydroxyl groups is 1. The molecule has 0 rings (SSSR count). The molecule has 0 amide bonds. The van der Waals surface area contributed by atoms with Crippen molar-refractivity contribution < 1.29 is 22.8 Å². The van der Waals surface area contributed by atoms with Crippen molar-refractivity contribution in [3.05, 3.63) is 12.7 Å². The van der Waals surface area contributed by atoms with Crippen LogP contribution >= 0.6 is 0 Å². The third kappa shape index (κ3) is 12.3. The Morgan fingerprint density at radius 3 is 2.63 bits per heavy atom. The summed E-state index contributed by atoms with van der Waals surface area (Å²) in [7, 11) is -3.97. The van der Waals surface area contributed by atoms with Crippen molar-refractivity contribution in [2.24, 2.45) is 0 Å². The molecule has 1 unspecified atom stereocenters. The molecule has 0 aliphatic heterocycles. The van der Waals surface area contributed by atoms with Gasteiger partial charge in [0.2, 0.25) is 0 Å². The number of unbranched alkanes of at least 4 members (excludes halogenated alkanes) is 1. The molecule has 19 heavy (non-hydrogen) atoms. The van der Waals surface area contributed by atoms with Crippen LogP contribution in [0.4, 0.5) is 0 Å². The summed E-state index contributed by atoms with van der Waals surface area (Å²) in [6, 6.07) is 0. The number of hydrogen-bond acceptors (Lipinski definition) is 5. The molecule has 0 aromatic heterocycles. The van der Waals surface area contributed by atoms with Gasteiger partial charge >= 0.3 is 0 Å². The highest BCUT2D eigenvalue weighted by atomic mass is 32.2. The van der Waals surface area contributed by atoms with Crippen molar-refractivity contribution in [2.45, 2.75) is 25.9 Å². The van der Waals surface area contributed by atoms with E-state index in [0.717, 1.165) is 12.8 Å². The maximum atomic E-state index is 10.7. The topological polar surface area (TPSA) is 87.1 Å². The molecule has 1 atom stereocenters. The van der Waals surface area contributed by atoms with Crippen LogP contribution in [0.25, 0.3) is 0 Å². The lowest BCUT2D eigenvalue weighted by Crippen LogP contribution is -2.38. The molecule has 6 nitrogen and oxygen atoms in total. The fraction of sp³-hybridized carbons (Fsp3) is 0.833. The average molecular weight is 295 g/mol. The van der Waals surface area contributed by atoms with Crippen LogP contribution in [0.1, 0.15) is 19.8 Å². The lowest BCUT2D eigenvalue weighted by Gasteiger charge is -2.24. The summed E-state index contributed by atoms with van der Waals surface area (Å²) in [6.45, 7) is 7.31. The van der Waals surface area contributed by atoms with E-state index in [2.05, 4.69) is 6.58 Å². The van der Waals surface area contributed by atoms with E-state index in [1.165, 1.54) is 0 Å². The SMILES string of the molecule is C=CCOCC(O)CN(CCCC)CCS(=O)(=O)O. The number of aliphatic hydroxyl groups excluding tert-OH is 1. The second-order valence-corrected chi connectivity index (χ2v) is 5.99. The van der Waals surface area contributed by atoms with Gasteiger partial charge in [-0.25, -0.2) is 0 Å². The quantitative estimate of drug-likeness (QED) is 0.310. The van der Waals surface area contributed by atoms with E-state index in [1.807, 2.05) is 11.8 Å². The summed E-state index contributed by atoms with van der Waals surface area (Å²) >= 11 is 0. The summed E-state index contributed by atoms with van der Waals surface area (Å²) in [5.41, 5.74) is 0. The van der Waals surface area contributed by atoms with Crippen LogP contribution in [0.3, 0.4) is 0 Å². The zero-order valence-electron chi connectivity index (χ0n) is 11.5. The molecule has 0 saturated carbocycles. The highest BCUT2D eigenvalue weighted by Gasteiger charge is 2.14. The molecule has 0 radical (unpaired) electrons. The van der Waals surface area contributed by atoms with E-state index in [1.54, 1.807) is 6.08 Å². The van der Waals surface area contributed by atoms with Crippen LogP contribution in [0, 0.1) is 0 Å². The van der Waals surface area contributed by atoms with E-state index in [0.29, 0.717) is 19.7 Å². The number of hydrogen-bond donors (Lipinski definition) is 2. The Morgan fingerprint density at radius 1 is 1.42 bits per heavy atom. The maximum absolute atomic E-state index is 10.7. The smallest absolute Gasteiger partial charge is 0.266 e. The van der Waals surface area contributed by atoms with Crippen molar-refractivity contribution in [1.82, 2.24) is 4.90 Å². The van der Waals surface area contributed by atoms with Crippen molar-refractivity contribution in [3.8, 4) is 0 Å². The first-order valence-electron chi connectivity index (χ1n) is 6.43. The first-order valence-corrected chi connectivity index (χ1v) is 8.04. The lowest BCUT2D eigenvalue weighted by atomic mass is 10.3. The van der Waals surface area contributed by atoms with Crippen molar-refractivity contribution in [2.75, 3.05) is 38.6 Å². The third-order valence-corrected chi connectivity index (χ3v) is 3.21. The van der Waals surface area contributed by atoms with Gasteiger partial charge < -0.3 is 9.84 Å². The van der Waals surface area contributed by atoms with E-state index in [4.69, 9.17) is 9.29 Å². The summed E-state index contributed by atoms with van der Waals surface area (Å²) in [6.07, 6.45) is 2.80. The second-order valence-electron chi connectivity index (χ2n) is 4.42. The van der Waals surface area contributed by atoms with Crippen LogP contribution in [0.5, 0.6) is 0 Å². The van der Waals surface area contributed by atoms with Gasteiger partial charge in [-0.3, -0.25) is 9.45 Å². The summed E-state index contributed by atoms with van der Waals surface area (Å²) < 4.78 is 35.4. The van der Waals surface area contributed by atoms with Crippen LogP contribution in [-0.2, 0) is 14.9 Å². The first kappa shape index (κ1) is 18.5. The van der Waals surface area contributed by atoms with E-state index < -0.39 is 16.2 Å². The normalized spacial score (nSPS) is 13.7. The molecule has 0 fully saturated rings. The lowest BCUT2D eigenvalue weighted by molar-refractivity contribution is 0.0270. The minimum Gasteiger partial charge on any atom is -0.389 e. The Hall–Kier alpha value is -0.470. The summed E-state index contributed by atoms with van der Waals surface area (Å²) in [5.74, 6) is -0.322. The highest BCUT2D eigenvalue weighted by Crippen LogP contribution is 2.00. The molecule has 0 aliphatic rings. The van der Waals surface area contributed by atoms with Crippen molar-refractivity contribution in [3.63, 3.8) is 0 Å². The van der Waals surface area contributed by atoms with E-state index >= 15 is 0 Å². The monoisotopic (exact) mass is 295 g/mol. The predicted octanol–water partition coefficient (Wildman–Crippen LogP) is 0.540. The minimum absolute atomic E-state index is 0.181. The van der Waals surface area contributed by atoms with Crippen LogP contribution in [-0.4, -0.2) is 67.7 Å². The average Bonchev–Trinajstić information content (AvgIpc) is 2.32. The fourth-order valence-corrected chi connectivity index (χ4v) is 2.05. The highest BCUT2D eigenvalue weighted by molar-refractivity contribution is 7.85.